The Labute approximate surface area is 169 Å². The maximum atomic E-state index is 12.7. The number of ether oxygens (including phenoxy) is 1. The second-order valence-corrected chi connectivity index (χ2v) is 8.44. The van der Waals surface area contributed by atoms with Crippen molar-refractivity contribution in [2.24, 2.45) is 7.05 Å². The molecule has 0 aliphatic carbocycles. The zero-order chi connectivity index (χ0) is 19.2. The highest BCUT2D eigenvalue weighted by molar-refractivity contribution is 8.00. The third-order valence-corrected chi connectivity index (χ3v) is 6.03. The number of carbonyl (C=O) groups excluding carboxylic acids is 1. The fraction of sp³-hybridized carbons (Fsp3) is 0.526. The van der Waals surface area contributed by atoms with E-state index in [4.69, 9.17) is 16.3 Å². The topological polar surface area (TPSA) is 60.3 Å². The second kappa shape index (κ2) is 9.46. The lowest BCUT2D eigenvalue weighted by Crippen LogP contribution is -2.37. The van der Waals surface area contributed by atoms with E-state index in [1.165, 1.54) is 24.6 Å². The van der Waals surface area contributed by atoms with Crippen LogP contribution in [0.1, 0.15) is 38.4 Å². The predicted octanol–water partition coefficient (Wildman–Crippen LogP) is 3.93. The number of amides is 1. The molecule has 1 saturated heterocycles. The lowest BCUT2D eigenvalue weighted by Gasteiger charge is -2.23. The van der Waals surface area contributed by atoms with Gasteiger partial charge in [0, 0.05) is 25.2 Å². The third-order valence-electron chi connectivity index (χ3n) is 4.65. The summed E-state index contributed by atoms with van der Waals surface area (Å²) in [5.41, 5.74) is 0. The summed E-state index contributed by atoms with van der Waals surface area (Å²) in [4.78, 5) is 14.7. The molecule has 2 heterocycles. The highest BCUT2D eigenvalue weighted by Gasteiger charge is 2.24. The van der Waals surface area contributed by atoms with Crippen molar-refractivity contribution >= 4 is 29.3 Å². The first-order valence-electron chi connectivity index (χ1n) is 9.26. The van der Waals surface area contributed by atoms with Crippen LogP contribution in [0.3, 0.4) is 0 Å². The average molecular weight is 409 g/mol. The molecule has 0 spiro atoms. The van der Waals surface area contributed by atoms with E-state index in [-0.39, 0.29) is 11.2 Å². The van der Waals surface area contributed by atoms with E-state index in [1.807, 2.05) is 35.6 Å². The number of carbonyl (C=O) groups is 1. The van der Waals surface area contributed by atoms with Gasteiger partial charge >= 0.3 is 0 Å². The summed E-state index contributed by atoms with van der Waals surface area (Å²) in [7, 11) is 1.89. The Morgan fingerprint density at radius 1 is 1.19 bits per heavy atom. The quantitative estimate of drug-likeness (QED) is 0.677. The standard InChI is InChI=1S/C19H25ClN4O2S/c1-14(18(25)24-11-5-3-4-6-12-24)27-19-22-21-17(23(19)2)13-26-16-9-7-15(20)8-10-16/h7-10,14H,3-6,11-13H2,1-2H3/t14-/m0/s1. The predicted molar refractivity (Wildman–Crippen MR) is 107 cm³/mol. The van der Waals surface area contributed by atoms with Gasteiger partial charge in [0.2, 0.25) is 5.91 Å². The Hall–Kier alpha value is -1.73. The summed E-state index contributed by atoms with van der Waals surface area (Å²) in [5, 5.41) is 9.64. The number of likely N-dealkylation sites (tertiary alicyclic amines) is 1. The van der Waals surface area contributed by atoms with Crippen molar-refractivity contribution in [2.75, 3.05) is 13.1 Å². The number of nitrogens with zero attached hydrogens (tertiary/aromatic N) is 4. The highest BCUT2D eigenvalue weighted by Crippen LogP contribution is 2.24. The van der Waals surface area contributed by atoms with Gasteiger partial charge in [-0.15, -0.1) is 10.2 Å². The number of aromatic nitrogens is 3. The molecule has 1 aliphatic rings. The van der Waals surface area contributed by atoms with Gasteiger partial charge in [-0.05, 0) is 44.0 Å². The molecule has 146 valence electrons. The molecule has 1 aromatic carbocycles. The van der Waals surface area contributed by atoms with E-state index in [2.05, 4.69) is 10.2 Å². The first kappa shape index (κ1) is 20.0. The molecule has 6 nitrogen and oxygen atoms in total. The molecule has 1 amide bonds. The molecular formula is C19H25ClN4O2S. The molecule has 0 unspecified atom stereocenters. The third kappa shape index (κ3) is 5.39. The summed E-state index contributed by atoms with van der Waals surface area (Å²) in [6, 6.07) is 7.20. The van der Waals surface area contributed by atoms with Crippen LogP contribution in [0.25, 0.3) is 0 Å². The van der Waals surface area contributed by atoms with Crippen LogP contribution in [0.5, 0.6) is 5.75 Å². The summed E-state index contributed by atoms with van der Waals surface area (Å²) in [6.07, 6.45) is 4.62. The number of hydrogen-bond acceptors (Lipinski definition) is 5. The number of thioether (sulfide) groups is 1. The Morgan fingerprint density at radius 2 is 1.85 bits per heavy atom. The maximum Gasteiger partial charge on any atom is 0.235 e. The van der Waals surface area contributed by atoms with Crippen LogP contribution in [0.2, 0.25) is 5.02 Å². The molecular weight excluding hydrogens is 384 g/mol. The minimum absolute atomic E-state index is 0.184. The van der Waals surface area contributed by atoms with Gasteiger partial charge in [-0.1, -0.05) is 36.2 Å². The zero-order valence-electron chi connectivity index (χ0n) is 15.7. The molecule has 27 heavy (non-hydrogen) atoms. The fourth-order valence-electron chi connectivity index (χ4n) is 3.01. The molecule has 0 N–H and O–H groups in total. The van der Waals surface area contributed by atoms with Gasteiger partial charge in [0.1, 0.15) is 12.4 Å². The van der Waals surface area contributed by atoms with Crippen LogP contribution >= 0.6 is 23.4 Å². The van der Waals surface area contributed by atoms with Crippen LogP contribution in [-0.4, -0.2) is 43.9 Å². The molecule has 0 saturated carbocycles. The van der Waals surface area contributed by atoms with Gasteiger partial charge in [0.05, 0.1) is 5.25 Å². The molecule has 3 rings (SSSR count). The van der Waals surface area contributed by atoms with Gasteiger partial charge < -0.3 is 14.2 Å². The number of hydrogen-bond donors (Lipinski definition) is 0. The monoisotopic (exact) mass is 408 g/mol. The fourth-order valence-corrected chi connectivity index (χ4v) is 4.05. The van der Waals surface area contributed by atoms with Crippen LogP contribution < -0.4 is 4.74 Å². The van der Waals surface area contributed by atoms with Crippen LogP contribution in [0, 0.1) is 0 Å². The largest absolute Gasteiger partial charge is 0.486 e. The van der Waals surface area contributed by atoms with Gasteiger partial charge in [-0.25, -0.2) is 0 Å². The average Bonchev–Trinajstić information content (AvgIpc) is 2.88. The molecule has 0 bridgehead atoms. The summed E-state index contributed by atoms with van der Waals surface area (Å²) in [6.45, 7) is 3.97. The first-order chi connectivity index (χ1) is 13.0. The summed E-state index contributed by atoms with van der Waals surface area (Å²) < 4.78 is 7.62. The Kier molecular flexibility index (Phi) is 7.01. The Balaban J connectivity index is 1.57. The normalized spacial score (nSPS) is 16.0. The Bertz CT molecular complexity index is 758. The van der Waals surface area contributed by atoms with Gasteiger partial charge in [0.25, 0.3) is 0 Å². The van der Waals surface area contributed by atoms with Crippen molar-refractivity contribution < 1.29 is 9.53 Å². The van der Waals surface area contributed by atoms with Crippen LogP contribution in [0.15, 0.2) is 29.4 Å². The van der Waals surface area contributed by atoms with E-state index in [1.54, 1.807) is 12.1 Å². The molecule has 1 fully saturated rings. The lowest BCUT2D eigenvalue weighted by atomic mass is 10.2. The minimum atomic E-state index is -0.184. The van der Waals surface area contributed by atoms with Crippen molar-refractivity contribution in [2.45, 2.75) is 49.6 Å². The highest BCUT2D eigenvalue weighted by atomic mass is 35.5. The number of halogens is 1. The molecule has 8 heteroatoms. The molecule has 1 aromatic heterocycles. The van der Waals surface area contributed by atoms with E-state index in [9.17, 15) is 4.79 Å². The number of rotatable bonds is 6. The molecule has 1 aliphatic heterocycles. The summed E-state index contributed by atoms with van der Waals surface area (Å²) in [5.74, 6) is 1.62. The van der Waals surface area contributed by atoms with Crippen molar-refractivity contribution in [1.82, 2.24) is 19.7 Å². The van der Waals surface area contributed by atoms with Crippen molar-refractivity contribution in [3.63, 3.8) is 0 Å². The van der Waals surface area contributed by atoms with Gasteiger partial charge in [-0.3, -0.25) is 4.79 Å². The SMILES string of the molecule is C[C@H](Sc1nnc(COc2ccc(Cl)cc2)n1C)C(=O)N1CCCCCC1. The van der Waals surface area contributed by atoms with Crippen molar-refractivity contribution in [3.05, 3.63) is 35.1 Å². The first-order valence-corrected chi connectivity index (χ1v) is 10.5. The zero-order valence-corrected chi connectivity index (χ0v) is 17.3. The van der Waals surface area contributed by atoms with Crippen molar-refractivity contribution in [1.29, 1.82) is 0 Å². The van der Waals surface area contributed by atoms with E-state index < -0.39 is 0 Å². The van der Waals surface area contributed by atoms with E-state index in [0.717, 1.165) is 36.8 Å². The molecule has 0 radical (unpaired) electrons. The Morgan fingerprint density at radius 3 is 2.52 bits per heavy atom. The van der Waals surface area contributed by atoms with Crippen molar-refractivity contribution in [3.8, 4) is 5.75 Å². The van der Waals surface area contributed by atoms with Crippen LogP contribution in [-0.2, 0) is 18.4 Å². The smallest absolute Gasteiger partial charge is 0.235 e. The second-order valence-electron chi connectivity index (χ2n) is 6.70. The molecule has 2 aromatic rings. The van der Waals surface area contributed by atoms with Gasteiger partial charge in [0.15, 0.2) is 11.0 Å². The molecule has 1 atom stereocenters. The van der Waals surface area contributed by atoms with Crippen LogP contribution in [0.4, 0.5) is 0 Å². The maximum absolute atomic E-state index is 12.7. The van der Waals surface area contributed by atoms with E-state index >= 15 is 0 Å². The number of benzene rings is 1. The van der Waals surface area contributed by atoms with E-state index in [0.29, 0.717) is 17.5 Å². The van der Waals surface area contributed by atoms with Gasteiger partial charge in [-0.2, -0.15) is 0 Å². The minimum Gasteiger partial charge on any atom is -0.486 e. The summed E-state index contributed by atoms with van der Waals surface area (Å²) >= 11 is 7.33. The lowest BCUT2D eigenvalue weighted by molar-refractivity contribution is -0.130.